The summed E-state index contributed by atoms with van der Waals surface area (Å²) >= 11 is 3.33. The molecule has 0 radical (unpaired) electrons. The summed E-state index contributed by atoms with van der Waals surface area (Å²) in [5.74, 6) is -0.337. The number of hydrogen-bond donors (Lipinski definition) is 2. The third-order valence-corrected chi connectivity index (χ3v) is 3.85. The fourth-order valence-electron chi connectivity index (χ4n) is 2.03. The van der Waals surface area contributed by atoms with Crippen LogP contribution in [0.4, 0.5) is 5.69 Å². The molecule has 0 aliphatic carbocycles. The van der Waals surface area contributed by atoms with Crippen LogP contribution < -0.4 is 10.6 Å². The summed E-state index contributed by atoms with van der Waals surface area (Å²) < 4.78 is 5.85. The summed E-state index contributed by atoms with van der Waals surface area (Å²) in [6, 6.07) is 13.9. The molecule has 2 aromatic rings. The van der Waals surface area contributed by atoms with Crippen LogP contribution in [0.25, 0.3) is 0 Å². The average Bonchev–Trinajstić information content (AvgIpc) is 2.59. The Morgan fingerprint density at radius 1 is 0.958 bits per heavy atom. The minimum atomic E-state index is -0.195. The first-order chi connectivity index (χ1) is 11.6. The first-order valence-corrected chi connectivity index (χ1v) is 8.33. The van der Waals surface area contributed by atoms with Crippen molar-refractivity contribution in [1.29, 1.82) is 0 Å². The third kappa shape index (κ3) is 5.47. The Bertz CT molecular complexity index is 684. The SMILES string of the molecule is COCCCNC(=O)c1ccc(NC(=O)c2ccc(Br)cc2)cc1. The van der Waals surface area contributed by atoms with Crippen LogP contribution in [0.1, 0.15) is 27.1 Å². The molecule has 0 atom stereocenters. The molecule has 0 saturated carbocycles. The van der Waals surface area contributed by atoms with Crippen molar-refractivity contribution < 1.29 is 14.3 Å². The number of hydrogen-bond acceptors (Lipinski definition) is 3. The summed E-state index contributed by atoms with van der Waals surface area (Å²) in [5.41, 5.74) is 1.76. The van der Waals surface area contributed by atoms with E-state index in [1.807, 2.05) is 12.1 Å². The van der Waals surface area contributed by atoms with Gasteiger partial charge in [-0.1, -0.05) is 15.9 Å². The van der Waals surface area contributed by atoms with Crippen molar-refractivity contribution in [3.63, 3.8) is 0 Å². The van der Waals surface area contributed by atoms with Gasteiger partial charge in [-0.3, -0.25) is 9.59 Å². The minimum Gasteiger partial charge on any atom is -0.385 e. The van der Waals surface area contributed by atoms with Gasteiger partial charge in [-0.2, -0.15) is 0 Å². The molecule has 0 spiro atoms. The quantitative estimate of drug-likeness (QED) is 0.711. The van der Waals surface area contributed by atoms with Crippen LogP contribution in [-0.4, -0.2) is 32.1 Å². The van der Waals surface area contributed by atoms with E-state index >= 15 is 0 Å². The van der Waals surface area contributed by atoms with Crippen molar-refractivity contribution in [3.05, 3.63) is 64.1 Å². The Morgan fingerprint density at radius 2 is 1.54 bits per heavy atom. The van der Waals surface area contributed by atoms with Gasteiger partial charge in [0.1, 0.15) is 0 Å². The number of benzene rings is 2. The standard InChI is InChI=1S/C18H19BrN2O3/c1-24-12-2-11-20-17(22)13-5-9-16(10-6-13)21-18(23)14-3-7-15(19)8-4-14/h3-10H,2,11-12H2,1H3,(H,20,22)(H,21,23). The zero-order chi connectivity index (χ0) is 17.4. The van der Waals surface area contributed by atoms with Gasteiger partial charge in [0.25, 0.3) is 11.8 Å². The average molecular weight is 391 g/mol. The smallest absolute Gasteiger partial charge is 0.255 e. The van der Waals surface area contributed by atoms with Crippen molar-refractivity contribution in [1.82, 2.24) is 5.32 Å². The number of carbonyl (C=O) groups excluding carboxylic acids is 2. The molecule has 0 aliphatic rings. The van der Waals surface area contributed by atoms with Crippen LogP contribution in [0.5, 0.6) is 0 Å². The molecule has 0 bridgehead atoms. The Balaban J connectivity index is 1.90. The van der Waals surface area contributed by atoms with Crippen LogP contribution >= 0.6 is 15.9 Å². The van der Waals surface area contributed by atoms with Gasteiger partial charge in [-0.15, -0.1) is 0 Å². The number of halogens is 1. The molecule has 0 fully saturated rings. The van der Waals surface area contributed by atoms with Gasteiger partial charge in [0.05, 0.1) is 0 Å². The summed E-state index contributed by atoms with van der Waals surface area (Å²) in [4.78, 5) is 24.1. The van der Waals surface area contributed by atoms with Gasteiger partial charge < -0.3 is 15.4 Å². The van der Waals surface area contributed by atoms with Gasteiger partial charge >= 0.3 is 0 Å². The molecule has 0 saturated heterocycles. The number of methoxy groups -OCH3 is 1. The number of nitrogens with one attached hydrogen (secondary N) is 2. The lowest BCUT2D eigenvalue weighted by Gasteiger charge is -2.08. The molecule has 0 heterocycles. The van der Waals surface area contributed by atoms with E-state index in [4.69, 9.17) is 4.74 Å². The fourth-order valence-corrected chi connectivity index (χ4v) is 2.29. The van der Waals surface area contributed by atoms with Crippen molar-refractivity contribution in [2.75, 3.05) is 25.6 Å². The van der Waals surface area contributed by atoms with E-state index in [0.717, 1.165) is 10.9 Å². The molecule has 24 heavy (non-hydrogen) atoms. The summed E-state index contributed by atoms with van der Waals surface area (Å²) in [5, 5.41) is 5.62. The normalized spacial score (nSPS) is 10.2. The number of anilines is 1. The highest BCUT2D eigenvalue weighted by Gasteiger charge is 2.08. The van der Waals surface area contributed by atoms with Gasteiger partial charge in [0.15, 0.2) is 0 Å². The molecule has 126 valence electrons. The largest absolute Gasteiger partial charge is 0.385 e. The molecule has 6 heteroatoms. The Labute approximate surface area is 149 Å². The molecule has 0 unspecified atom stereocenters. The zero-order valence-corrected chi connectivity index (χ0v) is 14.9. The number of ether oxygens (including phenoxy) is 1. The van der Waals surface area contributed by atoms with Crippen LogP contribution in [-0.2, 0) is 4.74 Å². The van der Waals surface area contributed by atoms with Crippen LogP contribution in [0.2, 0.25) is 0 Å². The van der Waals surface area contributed by atoms with E-state index < -0.39 is 0 Å². The molecule has 0 aliphatic heterocycles. The van der Waals surface area contributed by atoms with E-state index in [1.165, 1.54) is 0 Å². The van der Waals surface area contributed by atoms with E-state index in [0.29, 0.717) is 30.0 Å². The molecular formula is C18H19BrN2O3. The molecule has 2 amide bonds. The first kappa shape index (κ1) is 18.2. The van der Waals surface area contributed by atoms with E-state index in [-0.39, 0.29) is 11.8 Å². The lowest BCUT2D eigenvalue weighted by molar-refractivity contribution is 0.0948. The van der Waals surface area contributed by atoms with Gasteiger partial charge in [-0.05, 0) is 55.0 Å². The van der Waals surface area contributed by atoms with Crippen LogP contribution in [0.15, 0.2) is 53.0 Å². The summed E-state index contributed by atoms with van der Waals surface area (Å²) in [6.45, 7) is 1.18. The Kier molecular flexibility index (Phi) is 6.96. The molecule has 5 nitrogen and oxygen atoms in total. The highest BCUT2D eigenvalue weighted by atomic mass is 79.9. The van der Waals surface area contributed by atoms with Gasteiger partial charge in [-0.25, -0.2) is 0 Å². The maximum Gasteiger partial charge on any atom is 0.255 e. The number of amides is 2. The lowest BCUT2D eigenvalue weighted by atomic mass is 10.1. The van der Waals surface area contributed by atoms with Crippen molar-refractivity contribution >= 4 is 33.4 Å². The molecule has 2 rings (SSSR count). The second-order valence-corrected chi connectivity index (χ2v) is 6.06. The van der Waals surface area contributed by atoms with E-state index in [2.05, 4.69) is 26.6 Å². The molecule has 0 aromatic heterocycles. The van der Waals surface area contributed by atoms with E-state index in [9.17, 15) is 9.59 Å². The maximum atomic E-state index is 12.1. The summed E-state index contributed by atoms with van der Waals surface area (Å²) in [7, 11) is 1.63. The van der Waals surface area contributed by atoms with Crippen molar-refractivity contribution in [3.8, 4) is 0 Å². The lowest BCUT2D eigenvalue weighted by Crippen LogP contribution is -2.25. The predicted molar refractivity (Wildman–Crippen MR) is 97.4 cm³/mol. The second kappa shape index (κ2) is 9.20. The predicted octanol–water partition coefficient (Wildman–Crippen LogP) is 3.47. The van der Waals surface area contributed by atoms with Crippen LogP contribution in [0, 0.1) is 0 Å². The van der Waals surface area contributed by atoms with Crippen molar-refractivity contribution in [2.24, 2.45) is 0 Å². The number of rotatable bonds is 7. The topological polar surface area (TPSA) is 67.4 Å². The minimum absolute atomic E-state index is 0.142. The molecule has 2 N–H and O–H groups in total. The highest BCUT2D eigenvalue weighted by Crippen LogP contribution is 2.14. The molecule has 2 aromatic carbocycles. The maximum absolute atomic E-state index is 12.1. The third-order valence-electron chi connectivity index (χ3n) is 3.32. The monoisotopic (exact) mass is 390 g/mol. The van der Waals surface area contributed by atoms with Crippen LogP contribution in [0.3, 0.4) is 0 Å². The Hall–Kier alpha value is -2.18. The zero-order valence-electron chi connectivity index (χ0n) is 13.3. The summed E-state index contributed by atoms with van der Waals surface area (Å²) in [6.07, 6.45) is 0.767. The highest BCUT2D eigenvalue weighted by molar-refractivity contribution is 9.10. The first-order valence-electron chi connectivity index (χ1n) is 7.54. The van der Waals surface area contributed by atoms with Gasteiger partial charge in [0, 0.05) is 41.5 Å². The van der Waals surface area contributed by atoms with E-state index in [1.54, 1.807) is 43.5 Å². The second-order valence-electron chi connectivity index (χ2n) is 5.14. The fraction of sp³-hybridized carbons (Fsp3) is 0.222. The molecular weight excluding hydrogens is 372 g/mol. The van der Waals surface area contributed by atoms with Crippen molar-refractivity contribution in [2.45, 2.75) is 6.42 Å². The Morgan fingerprint density at radius 3 is 2.17 bits per heavy atom. The number of carbonyl (C=O) groups is 2. The van der Waals surface area contributed by atoms with Gasteiger partial charge in [0.2, 0.25) is 0 Å².